The van der Waals surface area contributed by atoms with E-state index in [-0.39, 0.29) is 30.4 Å². The number of piperazine rings is 1. The van der Waals surface area contributed by atoms with Gasteiger partial charge in [-0.25, -0.2) is 14.0 Å². The Labute approximate surface area is 214 Å². The number of urea groups is 1. The molecule has 3 amide bonds. The van der Waals surface area contributed by atoms with Gasteiger partial charge in [-0.15, -0.1) is 0 Å². The lowest BCUT2D eigenvalue weighted by atomic mass is 9.95. The fraction of sp³-hybridized carbons (Fsp3) is 0.423. The second-order valence-corrected chi connectivity index (χ2v) is 9.63. The van der Waals surface area contributed by atoms with Crippen LogP contribution < -0.4 is 5.32 Å². The van der Waals surface area contributed by atoms with Crippen LogP contribution >= 0.6 is 11.3 Å². The van der Waals surface area contributed by atoms with Crippen molar-refractivity contribution in [1.82, 2.24) is 20.0 Å². The number of nitrogens with zero attached hydrogens (tertiary/aromatic N) is 3. The van der Waals surface area contributed by atoms with Crippen LogP contribution in [0.3, 0.4) is 0 Å². The molecule has 1 aromatic carbocycles. The van der Waals surface area contributed by atoms with Crippen molar-refractivity contribution in [2.24, 2.45) is 0 Å². The van der Waals surface area contributed by atoms with E-state index in [9.17, 15) is 18.8 Å². The SMILES string of the molecule is CCOC(=O)C1=C(CN2CCN(C(=O)c3ccc(F)cc3)C(C)C2)N(CC)C(=O)NC1c1ccsc1. The Bertz CT molecular complexity index is 1140. The summed E-state index contributed by atoms with van der Waals surface area (Å²) in [6.45, 7) is 8.21. The third kappa shape index (κ3) is 5.29. The first-order valence-electron chi connectivity index (χ1n) is 12.1. The molecule has 1 aromatic heterocycles. The second kappa shape index (κ2) is 11.2. The van der Waals surface area contributed by atoms with Gasteiger partial charge in [0.15, 0.2) is 0 Å². The first-order chi connectivity index (χ1) is 17.3. The van der Waals surface area contributed by atoms with Gasteiger partial charge in [0.25, 0.3) is 5.91 Å². The zero-order valence-corrected chi connectivity index (χ0v) is 21.5. The standard InChI is InChI=1S/C26H31FN4O4S/c1-4-30-21(22(25(33)35-5-2)23(28-26(30)34)19-10-13-36-16-19)15-29-11-12-31(17(3)14-29)24(32)18-6-8-20(27)9-7-18/h6-10,13,16-17,23H,4-5,11-12,14-15H2,1-3H3,(H,28,34). The van der Waals surface area contributed by atoms with Gasteiger partial charge in [0, 0.05) is 50.0 Å². The highest BCUT2D eigenvalue weighted by molar-refractivity contribution is 7.08. The Kier molecular flexibility index (Phi) is 8.05. The highest BCUT2D eigenvalue weighted by Gasteiger charge is 2.39. The van der Waals surface area contributed by atoms with Crippen LogP contribution in [0.2, 0.25) is 0 Å². The molecular formula is C26H31FN4O4S. The fourth-order valence-corrected chi connectivity index (χ4v) is 5.48. The molecule has 0 aliphatic carbocycles. The lowest BCUT2D eigenvalue weighted by Gasteiger charge is -2.42. The largest absolute Gasteiger partial charge is 0.463 e. The van der Waals surface area contributed by atoms with Crippen molar-refractivity contribution in [2.75, 3.05) is 39.3 Å². The third-order valence-corrected chi connectivity index (χ3v) is 7.26. The predicted molar refractivity (Wildman–Crippen MR) is 135 cm³/mol. The van der Waals surface area contributed by atoms with Crippen LogP contribution in [0, 0.1) is 5.82 Å². The number of likely N-dealkylation sites (N-methyl/N-ethyl adjacent to an activating group) is 1. The summed E-state index contributed by atoms with van der Waals surface area (Å²) in [5.74, 6) is -0.966. The van der Waals surface area contributed by atoms with Crippen LogP contribution in [0.1, 0.15) is 42.7 Å². The first-order valence-corrected chi connectivity index (χ1v) is 13.1. The smallest absolute Gasteiger partial charge is 0.338 e. The van der Waals surface area contributed by atoms with Gasteiger partial charge in [-0.1, -0.05) is 0 Å². The number of rotatable bonds is 7. The Morgan fingerprint density at radius 2 is 1.92 bits per heavy atom. The summed E-state index contributed by atoms with van der Waals surface area (Å²) in [7, 11) is 0. The Hall–Kier alpha value is -3.24. The topological polar surface area (TPSA) is 82.2 Å². The molecular weight excluding hydrogens is 483 g/mol. The van der Waals surface area contributed by atoms with E-state index in [0.29, 0.717) is 49.6 Å². The predicted octanol–water partition coefficient (Wildman–Crippen LogP) is 3.64. The number of amides is 3. The monoisotopic (exact) mass is 514 g/mol. The third-order valence-electron chi connectivity index (χ3n) is 6.56. The maximum atomic E-state index is 13.3. The van der Waals surface area contributed by atoms with Gasteiger partial charge < -0.3 is 15.0 Å². The van der Waals surface area contributed by atoms with E-state index in [4.69, 9.17) is 4.74 Å². The van der Waals surface area contributed by atoms with Gasteiger partial charge in [-0.3, -0.25) is 14.6 Å². The molecule has 192 valence electrons. The molecule has 1 N–H and O–H groups in total. The molecule has 4 rings (SSSR count). The number of benzene rings is 1. The fourth-order valence-electron chi connectivity index (χ4n) is 4.80. The van der Waals surface area contributed by atoms with Crippen LogP contribution in [0.5, 0.6) is 0 Å². The van der Waals surface area contributed by atoms with Gasteiger partial charge in [0.1, 0.15) is 5.82 Å². The molecule has 1 fully saturated rings. The van der Waals surface area contributed by atoms with Gasteiger partial charge in [-0.2, -0.15) is 11.3 Å². The molecule has 0 bridgehead atoms. The highest BCUT2D eigenvalue weighted by Crippen LogP contribution is 2.33. The average Bonchev–Trinajstić information content (AvgIpc) is 3.39. The minimum absolute atomic E-state index is 0.108. The van der Waals surface area contributed by atoms with Crippen LogP contribution in [0.15, 0.2) is 52.4 Å². The van der Waals surface area contributed by atoms with Gasteiger partial charge >= 0.3 is 12.0 Å². The molecule has 36 heavy (non-hydrogen) atoms. The number of hydrogen-bond acceptors (Lipinski definition) is 6. The summed E-state index contributed by atoms with van der Waals surface area (Å²) >= 11 is 1.50. The van der Waals surface area contributed by atoms with Crippen LogP contribution in [-0.4, -0.2) is 78.0 Å². The van der Waals surface area contributed by atoms with E-state index in [1.807, 2.05) is 30.7 Å². The quantitative estimate of drug-likeness (QED) is 0.571. The number of hydrogen-bond donors (Lipinski definition) is 1. The number of carbonyl (C=O) groups is 3. The molecule has 2 aromatic rings. The van der Waals surface area contributed by atoms with Crippen molar-refractivity contribution >= 4 is 29.2 Å². The van der Waals surface area contributed by atoms with Crippen molar-refractivity contribution in [2.45, 2.75) is 32.9 Å². The van der Waals surface area contributed by atoms with Crippen molar-refractivity contribution in [1.29, 1.82) is 0 Å². The first kappa shape index (κ1) is 25.8. The van der Waals surface area contributed by atoms with Crippen LogP contribution in [0.25, 0.3) is 0 Å². The normalized spacial score (nSPS) is 20.9. The van der Waals surface area contributed by atoms with Crippen LogP contribution in [0.4, 0.5) is 9.18 Å². The Morgan fingerprint density at radius 1 is 1.17 bits per heavy atom. The molecule has 2 atom stereocenters. The molecule has 2 unspecified atom stereocenters. The maximum Gasteiger partial charge on any atom is 0.338 e. The molecule has 10 heteroatoms. The van der Waals surface area contributed by atoms with Crippen molar-refractivity contribution < 1.29 is 23.5 Å². The summed E-state index contributed by atoms with van der Waals surface area (Å²) in [5, 5.41) is 6.80. The molecule has 0 radical (unpaired) electrons. The van der Waals surface area contributed by atoms with E-state index in [1.165, 1.54) is 35.6 Å². The average molecular weight is 515 g/mol. The Balaban J connectivity index is 1.59. The number of carbonyl (C=O) groups excluding carboxylic acids is 3. The highest BCUT2D eigenvalue weighted by atomic mass is 32.1. The van der Waals surface area contributed by atoms with E-state index in [2.05, 4.69) is 10.2 Å². The van der Waals surface area contributed by atoms with Crippen molar-refractivity contribution in [3.63, 3.8) is 0 Å². The van der Waals surface area contributed by atoms with E-state index >= 15 is 0 Å². The lowest BCUT2D eigenvalue weighted by molar-refractivity contribution is -0.139. The van der Waals surface area contributed by atoms with Gasteiger partial charge in [0.05, 0.1) is 18.2 Å². The van der Waals surface area contributed by atoms with Gasteiger partial charge in [0.2, 0.25) is 0 Å². The summed E-state index contributed by atoms with van der Waals surface area (Å²) in [5.41, 5.74) is 2.35. The second-order valence-electron chi connectivity index (χ2n) is 8.85. The molecule has 0 spiro atoms. The minimum Gasteiger partial charge on any atom is -0.463 e. The van der Waals surface area contributed by atoms with Gasteiger partial charge in [-0.05, 0) is 67.4 Å². The zero-order chi connectivity index (χ0) is 25.8. The van der Waals surface area contributed by atoms with Crippen LogP contribution in [-0.2, 0) is 9.53 Å². The van der Waals surface area contributed by atoms with Crippen molar-refractivity contribution in [3.8, 4) is 0 Å². The molecule has 8 nitrogen and oxygen atoms in total. The Morgan fingerprint density at radius 3 is 2.53 bits per heavy atom. The summed E-state index contributed by atoms with van der Waals surface area (Å²) in [6.07, 6.45) is 0. The zero-order valence-electron chi connectivity index (χ0n) is 20.7. The molecule has 1 saturated heterocycles. The maximum absolute atomic E-state index is 13.3. The lowest BCUT2D eigenvalue weighted by Crippen LogP contribution is -2.56. The summed E-state index contributed by atoms with van der Waals surface area (Å²) in [4.78, 5) is 44.7. The van der Waals surface area contributed by atoms with E-state index < -0.39 is 12.0 Å². The molecule has 2 aliphatic heterocycles. The summed E-state index contributed by atoms with van der Waals surface area (Å²) in [6, 6.07) is 6.52. The molecule has 3 heterocycles. The number of ether oxygens (including phenoxy) is 1. The van der Waals surface area contributed by atoms with E-state index in [0.717, 1.165) is 5.56 Å². The number of thiophene rings is 1. The van der Waals surface area contributed by atoms with E-state index in [1.54, 1.807) is 16.7 Å². The van der Waals surface area contributed by atoms with Crippen molar-refractivity contribution in [3.05, 3.63) is 69.3 Å². The molecule has 2 aliphatic rings. The number of halogens is 1. The summed E-state index contributed by atoms with van der Waals surface area (Å²) < 4.78 is 18.7. The minimum atomic E-state index is -0.584. The number of nitrogens with one attached hydrogen (secondary N) is 1. The number of esters is 1. The molecule has 0 saturated carbocycles.